The van der Waals surface area contributed by atoms with Crippen LogP contribution in [0.3, 0.4) is 0 Å². The summed E-state index contributed by atoms with van der Waals surface area (Å²) in [6, 6.07) is 6.89. The van der Waals surface area contributed by atoms with Crippen LogP contribution >= 0.6 is 11.6 Å². The third-order valence-electron chi connectivity index (χ3n) is 3.24. The minimum absolute atomic E-state index is 0.543. The Morgan fingerprint density at radius 3 is 2.65 bits per heavy atom. The van der Waals surface area contributed by atoms with Gasteiger partial charge in [-0.3, -0.25) is 0 Å². The van der Waals surface area contributed by atoms with Gasteiger partial charge in [-0.1, -0.05) is 49.9 Å². The minimum atomic E-state index is 0.543. The van der Waals surface area contributed by atoms with E-state index in [-0.39, 0.29) is 0 Å². The van der Waals surface area contributed by atoms with Crippen LogP contribution in [-0.4, -0.2) is 13.1 Å². The Bertz CT molecular complexity index is 336. The molecular formula is C15H24ClN. The average molecular weight is 254 g/mol. The van der Waals surface area contributed by atoms with E-state index >= 15 is 0 Å². The number of rotatable bonds is 7. The van der Waals surface area contributed by atoms with Gasteiger partial charge in [0.25, 0.3) is 0 Å². The maximum absolute atomic E-state index is 6.26. The molecule has 0 bridgehead atoms. The molecule has 1 atom stereocenters. The van der Waals surface area contributed by atoms with Gasteiger partial charge < -0.3 is 5.32 Å². The smallest absolute Gasteiger partial charge is 0.0441 e. The second-order valence-electron chi connectivity index (χ2n) is 4.78. The van der Waals surface area contributed by atoms with Gasteiger partial charge in [-0.25, -0.2) is 0 Å². The standard InChI is InChI=1S/C15H24ClN/c1-4-5-6-7-14(17-3)11-13-9-8-12(2)10-15(13)16/h8-10,14,17H,4-7,11H2,1-3H3. The largest absolute Gasteiger partial charge is 0.317 e. The molecule has 0 saturated carbocycles. The number of unbranched alkanes of at least 4 members (excludes halogenated alkanes) is 2. The molecule has 0 heterocycles. The molecule has 0 amide bonds. The molecular weight excluding hydrogens is 230 g/mol. The van der Waals surface area contributed by atoms with E-state index in [1.54, 1.807) is 0 Å². The highest BCUT2D eigenvalue weighted by Gasteiger charge is 2.09. The summed E-state index contributed by atoms with van der Waals surface area (Å²) in [5.41, 5.74) is 2.49. The van der Waals surface area contributed by atoms with Crippen molar-refractivity contribution in [2.75, 3.05) is 7.05 Å². The normalized spacial score (nSPS) is 12.7. The summed E-state index contributed by atoms with van der Waals surface area (Å²) >= 11 is 6.26. The molecule has 0 radical (unpaired) electrons. The number of likely N-dealkylation sites (N-methyl/N-ethyl adjacent to an activating group) is 1. The highest BCUT2D eigenvalue weighted by Crippen LogP contribution is 2.20. The van der Waals surface area contributed by atoms with Gasteiger partial charge in [-0.05, 0) is 44.0 Å². The number of nitrogens with one attached hydrogen (secondary N) is 1. The third kappa shape index (κ3) is 5.10. The van der Waals surface area contributed by atoms with Crippen LogP contribution in [0.25, 0.3) is 0 Å². The van der Waals surface area contributed by atoms with Gasteiger partial charge in [0.2, 0.25) is 0 Å². The lowest BCUT2D eigenvalue weighted by Gasteiger charge is -2.17. The molecule has 1 nitrogen and oxygen atoms in total. The van der Waals surface area contributed by atoms with Gasteiger partial charge in [-0.2, -0.15) is 0 Å². The van der Waals surface area contributed by atoms with Crippen LogP contribution in [-0.2, 0) is 6.42 Å². The van der Waals surface area contributed by atoms with E-state index in [2.05, 4.69) is 37.4 Å². The van der Waals surface area contributed by atoms with E-state index in [0.29, 0.717) is 6.04 Å². The average Bonchev–Trinajstić information content (AvgIpc) is 2.31. The van der Waals surface area contributed by atoms with Crippen molar-refractivity contribution in [3.05, 3.63) is 34.3 Å². The molecule has 1 aromatic rings. The van der Waals surface area contributed by atoms with Crippen LogP contribution in [0, 0.1) is 6.92 Å². The molecule has 0 saturated heterocycles. The Labute approximate surface area is 111 Å². The topological polar surface area (TPSA) is 12.0 Å². The van der Waals surface area contributed by atoms with Crippen LogP contribution in [0.1, 0.15) is 43.7 Å². The summed E-state index contributed by atoms with van der Waals surface area (Å²) in [5.74, 6) is 0. The molecule has 1 N–H and O–H groups in total. The fourth-order valence-electron chi connectivity index (χ4n) is 2.07. The number of halogens is 1. The zero-order chi connectivity index (χ0) is 12.7. The zero-order valence-corrected chi connectivity index (χ0v) is 12.0. The minimum Gasteiger partial charge on any atom is -0.317 e. The number of benzene rings is 1. The first kappa shape index (κ1) is 14.5. The third-order valence-corrected chi connectivity index (χ3v) is 3.59. The molecule has 0 aliphatic heterocycles. The van der Waals surface area contributed by atoms with Crippen molar-refractivity contribution in [2.24, 2.45) is 0 Å². The highest BCUT2D eigenvalue weighted by molar-refractivity contribution is 6.31. The maximum atomic E-state index is 6.26. The molecule has 0 fully saturated rings. The first-order valence-electron chi connectivity index (χ1n) is 6.59. The summed E-state index contributed by atoms with van der Waals surface area (Å²) in [6.07, 6.45) is 6.15. The molecule has 0 aliphatic rings. The summed E-state index contributed by atoms with van der Waals surface area (Å²) < 4.78 is 0. The van der Waals surface area contributed by atoms with Gasteiger partial charge in [0.15, 0.2) is 0 Å². The Morgan fingerprint density at radius 1 is 1.29 bits per heavy atom. The van der Waals surface area contributed by atoms with E-state index < -0.39 is 0 Å². The van der Waals surface area contributed by atoms with Gasteiger partial charge in [0, 0.05) is 11.1 Å². The van der Waals surface area contributed by atoms with Crippen LogP contribution in [0.5, 0.6) is 0 Å². The monoisotopic (exact) mass is 253 g/mol. The fraction of sp³-hybridized carbons (Fsp3) is 0.600. The SMILES string of the molecule is CCCCCC(Cc1ccc(C)cc1Cl)NC. The van der Waals surface area contributed by atoms with Gasteiger partial charge >= 0.3 is 0 Å². The predicted octanol–water partition coefficient (Wildman–Crippen LogP) is 4.36. The van der Waals surface area contributed by atoms with E-state index in [9.17, 15) is 0 Å². The second kappa shape index (κ2) is 7.73. The summed E-state index contributed by atoms with van der Waals surface area (Å²) in [4.78, 5) is 0. The molecule has 0 aliphatic carbocycles. The van der Waals surface area contributed by atoms with Gasteiger partial charge in [0.05, 0.1) is 0 Å². The Balaban J connectivity index is 2.54. The molecule has 1 rings (SSSR count). The highest BCUT2D eigenvalue weighted by atomic mass is 35.5. The van der Waals surface area contributed by atoms with E-state index in [1.807, 2.05) is 7.05 Å². The molecule has 1 aromatic carbocycles. The van der Waals surface area contributed by atoms with Crippen LogP contribution < -0.4 is 5.32 Å². The number of aryl methyl sites for hydroxylation is 1. The fourth-order valence-corrected chi connectivity index (χ4v) is 2.38. The van der Waals surface area contributed by atoms with Crippen LogP contribution in [0.15, 0.2) is 18.2 Å². The molecule has 1 unspecified atom stereocenters. The first-order valence-corrected chi connectivity index (χ1v) is 6.97. The lowest BCUT2D eigenvalue weighted by atomic mass is 10.00. The van der Waals surface area contributed by atoms with Crippen molar-refractivity contribution >= 4 is 11.6 Å². The molecule has 0 aromatic heterocycles. The van der Waals surface area contributed by atoms with E-state index in [0.717, 1.165) is 11.4 Å². The van der Waals surface area contributed by atoms with Crippen LogP contribution in [0.4, 0.5) is 0 Å². The number of hydrogen-bond acceptors (Lipinski definition) is 1. The quantitative estimate of drug-likeness (QED) is 0.712. The van der Waals surface area contributed by atoms with Crippen molar-refractivity contribution < 1.29 is 0 Å². The molecule has 17 heavy (non-hydrogen) atoms. The Hall–Kier alpha value is -0.530. The van der Waals surface area contributed by atoms with Crippen molar-refractivity contribution in [1.82, 2.24) is 5.32 Å². The lowest BCUT2D eigenvalue weighted by molar-refractivity contribution is 0.490. The van der Waals surface area contributed by atoms with Crippen molar-refractivity contribution in [3.63, 3.8) is 0 Å². The van der Waals surface area contributed by atoms with E-state index in [4.69, 9.17) is 11.6 Å². The summed E-state index contributed by atoms with van der Waals surface area (Å²) in [5, 5.41) is 4.30. The first-order chi connectivity index (χ1) is 8.17. The van der Waals surface area contributed by atoms with E-state index in [1.165, 1.54) is 36.8 Å². The van der Waals surface area contributed by atoms with Crippen molar-refractivity contribution in [1.29, 1.82) is 0 Å². The van der Waals surface area contributed by atoms with Gasteiger partial charge in [-0.15, -0.1) is 0 Å². The zero-order valence-electron chi connectivity index (χ0n) is 11.2. The Morgan fingerprint density at radius 2 is 2.06 bits per heavy atom. The summed E-state index contributed by atoms with van der Waals surface area (Å²) in [6.45, 7) is 4.32. The number of hydrogen-bond donors (Lipinski definition) is 1. The maximum Gasteiger partial charge on any atom is 0.0441 e. The Kier molecular flexibility index (Phi) is 6.61. The van der Waals surface area contributed by atoms with Crippen LogP contribution in [0.2, 0.25) is 5.02 Å². The van der Waals surface area contributed by atoms with Crippen molar-refractivity contribution in [3.8, 4) is 0 Å². The lowest BCUT2D eigenvalue weighted by Crippen LogP contribution is -2.27. The van der Waals surface area contributed by atoms with Gasteiger partial charge in [0.1, 0.15) is 0 Å². The molecule has 0 spiro atoms. The van der Waals surface area contributed by atoms with Crippen molar-refractivity contribution in [2.45, 2.75) is 52.0 Å². The summed E-state index contributed by atoms with van der Waals surface area (Å²) in [7, 11) is 2.04. The predicted molar refractivity (Wildman–Crippen MR) is 76.9 cm³/mol. The second-order valence-corrected chi connectivity index (χ2v) is 5.19. The molecule has 2 heteroatoms. The molecule has 96 valence electrons.